The number of nitro benzene ring substituents is 1. The Morgan fingerprint density at radius 1 is 0.750 bits per heavy atom. The molecule has 3 aromatic rings. The molecule has 0 bridgehead atoms. The Kier molecular flexibility index (Phi) is 9.28. The summed E-state index contributed by atoms with van der Waals surface area (Å²) < 4.78 is 13.5. The Labute approximate surface area is 256 Å². The van der Waals surface area contributed by atoms with Gasteiger partial charge in [-0.2, -0.15) is 20.1 Å². The van der Waals surface area contributed by atoms with Crippen LogP contribution in [0, 0.1) is 15.9 Å². The first-order chi connectivity index (χ1) is 21.5. The summed E-state index contributed by atoms with van der Waals surface area (Å²) in [5, 5.41) is 19.8. The Morgan fingerprint density at radius 2 is 1.32 bits per heavy atom. The number of aromatic nitrogens is 3. The molecule has 4 heterocycles. The van der Waals surface area contributed by atoms with Crippen LogP contribution >= 0.6 is 0 Å². The molecular formula is C31H39FN10O2. The minimum absolute atomic E-state index is 0.0902. The van der Waals surface area contributed by atoms with Crippen molar-refractivity contribution in [1.29, 1.82) is 0 Å². The van der Waals surface area contributed by atoms with Crippen molar-refractivity contribution >= 4 is 46.8 Å². The number of anilines is 6. The molecule has 3 aliphatic rings. The topological polar surface area (TPSA) is 128 Å². The molecule has 0 saturated carbocycles. The van der Waals surface area contributed by atoms with Crippen LogP contribution in [0.4, 0.5) is 45.0 Å². The van der Waals surface area contributed by atoms with Gasteiger partial charge in [-0.15, -0.1) is 0 Å². The summed E-state index contributed by atoms with van der Waals surface area (Å²) in [6.45, 7) is 5.13. The summed E-state index contributed by atoms with van der Waals surface area (Å²) in [6.07, 6.45) is 11.5. The Bertz CT molecular complexity index is 1470. The van der Waals surface area contributed by atoms with Crippen molar-refractivity contribution in [1.82, 2.24) is 15.0 Å². The standard InChI is InChI=1S/C31H39FN10O2/c32-24-10-12-25(13-11-24)34-29-35-30(37-31(36-29)41-18-8-3-9-19-41)38-33-22-23-20-28(42(43)44)27(40-16-6-2-7-17-40)21-26(23)39-14-4-1-5-15-39/h10-13,20-22H,1-9,14-19H2,(H2,34,35,36,37,38)/b33-22+. The zero-order chi connectivity index (χ0) is 30.3. The highest BCUT2D eigenvalue weighted by Crippen LogP contribution is 2.37. The van der Waals surface area contributed by atoms with E-state index in [1.807, 2.05) is 6.07 Å². The Hall–Kier alpha value is -4.55. The highest BCUT2D eigenvalue weighted by atomic mass is 19.1. The summed E-state index contributed by atoms with van der Waals surface area (Å²) in [5.41, 5.74) is 5.98. The largest absolute Gasteiger partial charge is 0.371 e. The maximum atomic E-state index is 13.5. The first-order valence-corrected chi connectivity index (χ1v) is 15.7. The molecule has 6 rings (SSSR count). The van der Waals surface area contributed by atoms with E-state index in [0.717, 1.165) is 89.9 Å². The summed E-state index contributed by atoms with van der Waals surface area (Å²) in [4.78, 5) is 32.3. The van der Waals surface area contributed by atoms with Crippen molar-refractivity contribution in [2.24, 2.45) is 5.10 Å². The van der Waals surface area contributed by atoms with Gasteiger partial charge < -0.3 is 20.0 Å². The number of rotatable bonds is 9. The highest BCUT2D eigenvalue weighted by molar-refractivity contribution is 5.92. The number of hydrogen-bond acceptors (Lipinski definition) is 11. The van der Waals surface area contributed by atoms with Crippen LogP contribution in [0.25, 0.3) is 0 Å². The van der Waals surface area contributed by atoms with Crippen LogP contribution in [-0.4, -0.2) is 65.4 Å². The van der Waals surface area contributed by atoms with Gasteiger partial charge in [0.15, 0.2) is 0 Å². The lowest BCUT2D eigenvalue weighted by Gasteiger charge is -2.33. The van der Waals surface area contributed by atoms with Crippen LogP contribution in [0.5, 0.6) is 0 Å². The lowest BCUT2D eigenvalue weighted by Crippen LogP contribution is -2.32. The molecule has 0 unspecified atom stereocenters. The van der Waals surface area contributed by atoms with E-state index in [2.05, 4.69) is 45.5 Å². The quantitative estimate of drug-likeness (QED) is 0.169. The van der Waals surface area contributed by atoms with Crippen LogP contribution in [0.1, 0.15) is 63.4 Å². The maximum absolute atomic E-state index is 13.5. The number of nitrogens with one attached hydrogen (secondary N) is 2. The second-order valence-electron chi connectivity index (χ2n) is 11.6. The molecule has 2 aromatic carbocycles. The third-order valence-electron chi connectivity index (χ3n) is 8.45. The predicted octanol–water partition coefficient (Wildman–Crippen LogP) is 6.08. The Balaban J connectivity index is 1.31. The van der Waals surface area contributed by atoms with Gasteiger partial charge in [0, 0.05) is 62.3 Å². The van der Waals surface area contributed by atoms with Crippen LogP contribution in [0.3, 0.4) is 0 Å². The number of hydrogen-bond donors (Lipinski definition) is 2. The van der Waals surface area contributed by atoms with Crippen molar-refractivity contribution in [2.45, 2.75) is 57.8 Å². The van der Waals surface area contributed by atoms with Gasteiger partial charge in [-0.1, -0.05) is 0 Å². The molecule has 3 fully saturated rings. The lowest BCUT2D eigenvalue weighted by molar-refractivity contribution is -0.384. The van der Waals surface area contributed by atoms with Crippen molar-refractivity contribution in [3.63, 3.8) is 0 Å². The fourth-order valence-electron chi connectivity index (χ4n) is 6.16. The van der Waals surface area contributed by atoms with Gasteiger partial charge in [-0.05, 0) is 88.1 Å². The number of halogens is 1. The minimum atomic E-state index is -0.329. The van der Waals surface area contributed by atoms with Gasteiger partial charge in [0.1, 0.15) is 11.5 Å². The molecule has 232 valence electrons. The van der Waals surface area contributed by atoms with Crippen molar-refractivity contribution in [3.05, 3.63) is 57.9 Å². The number of nitro groups is 1. The van der Waals surface area contributed by atoms with E-state index in [9.17, 15) is 14.5 Å². The second-order valence-corrected chi connectivity index (χ2v) is 11.6. The molecule has 12 nitrogen and oxygen atoms in total. The van der Waals surface area contributed by atoms with E-state index >= 15 is 0 Å². The summed E-state index contributed by atoms with van der Waals surface area (Å²) in [6, 6.07) is 9.61. The van der Waals surface area contributed by atoms with Crippen LogP contribution in [-0.2, 0) is 0 Å². The molecule has 0 atom stereocenters. The molecule has 1 aromatic heterocycles. The SMILES string of the molecule is O=[N+]([O-])c1cc(/C=N/Nc2nc(Nc3ccc(F)cc3)nc(N3CCCCC3)n2)c(N2CCCCC2)cc1N1CCCCC1. The lowest BCUT2D eigenvalue weighted by atomic mass is 10.0. The molecule has 0 amide bonds. The van der Waals surface area contributed by atoms with Crippen LogP contribution in [0.15, 0.2) is 41.5 Å². The molecule has 13 heteroatoms. The van der Waals surface area contributed by atoms with E-state index in [1.54, 1.807) is 24.4 Å². The molecule has 3 aliphatic heterocycles. The number of hydrazone groups is 1. The highest BCUT2D eigenvalue weighted by Gasteiger charge is 2.26. The molecule has 0 radical (unpaired) electrons. The molecule has 0 spiro atoms. The van der Waals surface area contributed by atoms with Gasteiger partial charge in [0.05, 0.1) is 11.1 Å². The van der Waals surface area contributed by atoms with Crippen LogP contribution < -0.4 is 25.4 Å². The smallest absolute Gasteiger partial charge is 0.293 e. The minimum Gasteiger partial charge on any atom is -0.371 e. The van der Waals surface area contributed by atoms with Gasteiger partial charge in [0.2, 0.25) is 17.8 Å². The first kappa shape index (κ1) is 29.5. The van der Waals surface area contributed by atoms with Crippen molar-refractivity contribution < 1.29 is 9.31 Å². The number of nitrogens with zero attached hydrogens (tertiary/aromatic N) is 8. The monoisotopic (exact) mass is 602 g/mol. The third-order valence-corrected chi connectivity index (χ3v) is 8.45. The molecule has 3 saturated heterocycles. The zero-order valence-corrected chi connectivity index (χ0v) is 24.9. The zero-order valence-electron chi connectivity index (χ0n) is 24.9. The third kappa shape index (κ3) is 7.14. The molecule has 44 heavy (non-hydrogen) atoms. The summed E-state index contributed by atoms with van der Waals surface area (Å²) in [7, 11) is 0. The first-order valence-electron chi connectivity index (χ1n) is 15.7. The molecular weight excluding hydrogens is 563 g/mol. The van der Waals surface area contributed by atoms with Gasteiger partial charge in [-0.25, -0.2) is 9.82 Å². The maximum Gasteiger partial charge on any atom is 0.293 e. The van der Waals surface area contributed by atoms with Gasteiger partial charge in [0.25, 0.3) is 5.69 Å². The second kappa shape index (κ2) is 13.8. The number of piperidine rings is 3. The molecule has 2 N–H and O–H groups in total. The van der Waals surface area contributed by atoms with E-state index < -0.39 is 0 Å². The normalized spacial score (nSPS) is 17.6. The molecule has 0 aliphatic carbocycles. The van der Waals surface area contributed by atoms with Gasteiger partial charge >= 0.3 is 0 Å². The van der Waals surface area contributed by atoms with Crippen molar-refractivity contribution in [2.75, 3.05) is 64.7 Å². The van der Waals surface area contributed by atoms with E-state index in [0.29, 0.717) is 28.8 Å². The fourth-order valence-corrected chi connectivity index (χ4v) is 6.16. The average Bonchev–Trinajstić information content (AvgIpc) is 3.06. The van der Waals surface area contributed by atoms with Crippen LogP contribution in [0.2, 0.25) is 0 Å². The average molecular weight is 603 g/mol. The van der Waals surface area contributed by atoms with Gasteiger partial charge in [-0.3, -0.25) is 10.1 Å². The summed E-state index contributed by atoms with van der Waals surface area (Å²) >= 11 is 0. The van der Waals surface area contributed by atoms with Crippen molar-refractivity contribution in [3.8, 4) is 0 Å². The van der Waals surface area contributed by atoms with E-state index in [1.165, 1.54) is 25.0 Å². The van der Waals surface area contributed by atoms with E-state index in [4.69, 9.17) is 0 Å². The predicted molar refractivity (Wildman–Crippen MR) is 172 cm³/mol. The Morgan fingerprint density at radius 3 is 1.93 bits per heavy atom. The number of benzene rings is 2. The summed E-state index contributed by atoms with van der Waals surface area (Å²) in [5.74, 6) is 0.739. The fraction of sp³-hybridized carbons (Fsp3) is 0.484. The van der Waals surface area contributed by atoms with E-state index in [-0.39, 0.29) is 22.4 Å².